The number of ether oxygens (including phenoxy) is 2. The van der Waals surface area contributed by atoms with Gasteiger partial charge in [-0.25, -0.2) is 0 Å². The van der Waals surface area contributed by atoms with E-state index in [1.54, 1.807) is 39.3 Å². The van der Waals surface area contributed by atoms with Crippen LogP contribution in [0.5, 0.6) is 11.5 Å². The van der Waals surface area contributed by atoms with Crippen molar-refractivity contribution in [2.75, 3.05) is 14.2 Å². The Hall–Kier alpha value is -2.08. The van der Waals surface area contributed by atoms with Crippen LogP contribution in [0.3, 0.4) is 0 Å². The molecular weight excluding hydrogens is 236 g/mol. The molecule has 2 aromatic rings. The van der Waals surface area contributed by atoms with Crippen molar-refractivity contribution in [2.45, 2.75) is 13.0 Å². The number of aliphatic hydroxyl groups is 1. The molecule has 0 saturated heterocycles. The smallest absolute Gasteiger partial charge is 0.255 e. The summed E-state index contributed by atoms with van der Waals surface area (Å²) in [6.45, 7) is 1.56. The predicted molar refractivity (Wildman–Crippen MR) is 63.5 cm³/mol. The molecule has 6 nitrogen and oxygen atoms in total. The highest BCUT2D eigenvalue weighted by Gasteiger charge is 2.14. The van der Waals surface area contributed by atoms with Crippen molar-refractivity contribution in [3.63, 3.8) is 0 Å². The lowest BCUT2D eigenvalue weighted by atomic mass is 10.2. The fourth-order valence-electron chi connectivity index (χ4n) is 1.50. The minimum atomic E-state index is -0.786. The lowest BCUT2D eigenvalue weighted by Crippen LogP contribution is -1.92. The third-order valence-electron chi connectivity index (χ3n) is 2.44. The van der Waals surface area contributed by atoms with Gasteiger partial charge in [0.15, 0.2) is 11.5 Å². The molecular formula is C12H14N2O4. The molecule has 1 aromatic heterocycles. The van der Waals surface area contributed by atoms with Gasteiger partial charge in [0.1, 0.15) is 6.10 Å². The van der Waals surface area contributed by atoms with Gasteiger partial charge in [-0.2, -0.15) is 4.98 Å². The van der Waals surface area contributed by atoms with Gasteiger partial charge in [-0.05, 0) is 25.1 Å². The van der Waals surface area contributed by atoms with Gasteiger partial charge in [0.2, 0.25) is 5.82 Å². The monoisotopic (exact) mass is 250 g/mol. The van der Waals surface area contributed by atoms with Crippen LogP contribution in [-0.4, -0.2) is 29.5 Å². The van der Waals surface area contributed by atoms with Crippen molar-refractivity contribution < 1.29 is 19.1 Å². The van der Waals surface area contributed by atoms with E-state index in [1.165, 1.54) is 0 Å². The highest BCUT2D eigenvalue weighted by Crippen LogP contribution is 2.31. The summed E-state index contributed by atoms with van der Waals surface area (Å²) in [4.78, 5) is 4.09. The molecule has 0 spiro atoms. The number of rotatable bonds is 4. The Bertz CT molecular complexity index is 537. The number of nitrogens with zero attached hydrogens (tertiary/aromatic N) is 2. The van der Waals surface area contributed by atoms with Gasteiger partial charge < -0.3 is 19.1 Å². The largest absolute Gasteiger partial charge is 0.493 e. The van der Waals surface area contributed by atoms with Crippen LogP contribution in [0.25, 0.3) is 11.4 Å². The molecule has 0 amide bonds. The second-order valence-corrected chi connectivity index (χ2v) is 3.70. The molecule has 0 radical (unpaired) electrons. The van der Waals surface area contributed by atoms with Gasteiger partial charge >= 0.3 is 0 Å². The third kappa shape index (κ3) is 2.28. The Morgan fingerprint density at radius 1 is 1.22 bits per heavy atom. The third-order valence-corrected chi connectivity index (χ3v) is 2.44. The molecule has 1 N–H and O–H groups in total. The summed E-state index contributed by atoms with van der Waals surface area (Å²) < 4.78 is 15.3. The van der Waals surface area contributed by atoms with Crippen molar-refractivity contribution >= 4 is 0 Å². The van der Waals surface area contributed by atoms with E-state index in [0.29, 0.717) is 17.3 Å². The summed E-state index contributed by atoms with van der Waals surface area (Å²) >= 11 is 0. The molecule has 0 saturated carbocycles. The molecule has 0 fully saturated rings. The number of hydrogen-bond donors (Lipinski definition) is 1. The first-order valence-electron chi connectivity index (χ1n) is 5.39. The average molecular weight is 250 g/mol. The Kier molecular flexibility index (Phi) is 3.47. The number of hydrogen-bond acceptors (Lipinski definition) is 6. The SMILES string of the molecule is COc1ccc(-c2noc([C@H](C)O)n2)cc1OC. The number of aliphatic hydroxyl groups excluding tert-OH is 1. The van der Waals surface area contributed by atoms with E-state index in [4.69, 9.17) is 14.0 Å². The van der Waals surface area contributed by atoms with Crippen LogP contribution in [0.2, 0.25) is 0 Å². The van der Waals surface area contributed by atoms with Crippen LogP contribution < -0.4 is 9.47 Å². The Morgan fingerprint density at radius 3 is 2.50 bits per heavy atom. The fourth-order valence-corrected chi connectivity index (χ4v) is 1.50. The maximum absolute atomic E-state index is 9.33. The van der Waals surface area contributed by atoms with Crippen molar-refractivity contribution in [2.24, 2.45) is 0 Å². The van der Waals surface area contributed by atoms with Crippen LogP contribution >= 0.6 is 0 Å². The summed E-state index contributed by atoms with van der Waals surface area (Å²) in [6, 6.07) is 5.29. The number of benzene rings is 1. The van der Waals surface area contributed by atoms with Crippen molar-refractivity contribution in [3.05, 3.63) is 24.1 Å². The predicted octanol–water partition coefficient (Wildman–Crippen LogP) is 1.81. The second-order valence-electron chi connectivity index (χ2n) is 3.70. The maximum atomic E-state index is 9.33. The van der Waals surface area contributed by atoms with E-state index in [2.05, 4.69) is 10.1 Å². The minimum absolute atomic E-state index is 0.180. The molecule has 0 aliphatic rings. The van der Waals surface area contributed by atoms with E-state index in [-0.39, 0.29) is 5.89 Å². The quantitative estimate of drug-likeness (QED) is 0.891. The van der Waals surface area contributed by atoms with Crippen LogP contribution in [-0.2, 0) is 0 Å². The Balaban J connectivity index is 2.38. The topological polar surface area (TPSA) is 77.6 Å². The molecule has 0 bridgehead atoms. The van der Waals surface area contributed by atoms with E-state index < -0.39 is 6.10 Å². The normalized spacial score (nSPS) is 12.2. The Morgan fingerprint density at radius 2 is 1.94 bits per heavy atom. The van der Waals surface area contributed by atoms with Gasteiger partial charge in [0.05, 0.1) is 14.2 Å². The molecule has 6 heteroatoms. The van der Waals surface area contributed by atoms with Gasteiger partial charge in [-0.1, -0.05) is 5.16 Å². The summed E-state index contributed by atoms with van der Waals surface area (Å²) in [7, 11) is 3.12. The summed E-state index contributed by atoms with van der Waals surface area (Å²) in [5, 5.41) is 13.1. The minimum Gasteiger partial charge on any atom is -0.493 e. The zero-order valence-corrected chi connectivity index (χ0v) is 10.4. The van der Waals surface area contributed by atoms with Crippen LogP contribution in [0, 0.1) is 0 Å². The van der Waals surface area contributed by atoms with E-state index in [9.17, 15) is 5.11 Å². The average Bonchev–Trinajstić information content (AvgIpc) is 2.87. The Labute approximate surface area is 104 Å². The summed E-state index contributed by atoms with van der Waals surface area (Å²) in [5.74, 6) is 1.78. The molecule has 2 rings (SSSR count). The molecule has 0 aliphatic heterocycles. The zero-order chi connectivity index (χ0) is 13.1. The van der Waals surface area contributed by atoms with Crippen LogP contribution in [0.15, 0.2) is 22.7 Å². The summed E-state index contributed by atoms with van der Waals surface area (Å²) in [5.41, 5.74) is 0.725. The van der Waals surface area contributed by atoms with Crippen molar-refractivity contribution in [3.8, 4) is 22.9 Å². The van der Waals surface area contributed by atoms with Gasteiger partial charge in [0.25, 0.3) is 5.89 Å². The maximum Gasteiger partial charge on any atom is 0.255 e. The van der Waals surface area contributed by atoms with Gasteiger partial charge in [0, 0.05) is 5.56 Å². The molecule has 1 heterocycles. The van der Waals surface area contributed by atoms with Crippen molar-refractivity contribution in [1.29, 1.82) is 0 Å². The molecule has 0 unspecified atom stereocenters. The molecule has 18 heavy (non-hydrogen) atoms. The number of aromatic nitrogens is 2. The number of methoxy groups -OCH3 is 2. The summed E-state index contributed by atoms with van der Waals surface area (Å²) in [6.07, 6.45) is -0.786. The van der Waals surface area contributed by atoms with E-state index in [1.807, 2.05) is 0 Å². The van der Waals surface area contributed by atoms with Crippen LogP contribution in [0.1, 0.15) is 18.9 Å². The van der Waals surface area contributed by atoms with Gasteiger partial charge in [-0.3, -0.25) is 0 Å². The highest BCUT2D eigenvalue weighted by atomic mass is 16.5. The highest BCUT2D eigenvalue weighted by molar-refractivity contribution is 5.60. The molecule has 1 atom stereocenters. The van der Waals surface area contributed by atoms with Crippen LogP contribution in [0.4, 0.5) is 0 Å². The second kappa shape index (κ2) is 5.05. The first-order chi connectivity index (χ1) is 8.65. The first-order valence-corrected chi connectivity index (χ1v) is 5.39. The van der Waals surface area contributed by atoms with Gasteiger partial charge in [-0.15, -0.1) is 0 Å². The molecule has 0 aliphatic carbocycles. The zero-order valence-electron chi connectivity index (χ0n) is 10.4. The first kappa shape index (κ1) is 12.4. The molecule has 1 aromatic carbocycles. The molecule has 96 valence electrons. The van der Waals surface area contributed by atoms with Crippen molar-refractivity contribution in [1.82, 2.24) is 10.1 Å². The lowest BCUT2D eigenvalue weighted by Gasteiger charge is -2.07. The standard InChI is InChI=1S/C12H14N2O4/c1-7(15)12-13-11(14-18-12)8-4-5-9(16-2)10(6-8)17-3/h4-7,15H,1-3H3/t7-/m0/s1. The van der Waals surface area contributed by atoms with E-state index in [0.717, 1.165) is 5.56 Å². The van der Waals surface area contributed by atoms with E-state index >= 15 is 0 Å². The fraction of sp³-hybridized carbons (Fsp3) is 0.333. The lowest BCUT2D eigenvalue weighted by molar-refractivity contribution is 0.152.